The summed E-state index contributed by atoms with van der Waals surface area (Å²) < 4.78 is 0.915. The van der Waals surface area contributed by atoms with Gasteiger partial charge in [0.1, 0.15) is 4.60 Å². The molecule has 0 atom stereocenters. The van der Waals surface area contributed by atoms with Crippen LogP contribution in [0.15, 0.2) is 22.9 Å². The fraction of sp³-hybridized carbons (Fsp3) is 0.500. The molecule has 2 rings (SSSR count). The zero-order chi connectivity index (χ0) is 9.80. The van der Waals surface area contributed by atoms with Gasteiger partial charge in [0.2, 0.25) is 0 Å². The van der Waals surface area contributed by atoms with E-state index < -0.39 is 0 Å². The van der Waals surface area contributed by atoms with Crippen molar-refractivity contribution >= 4 is 33.4 Å². The van der Waals surface area contributed by atoms with Crippen LogP contribution in [0, 0.1) is 0 Å². The van der Waals surface area contributed by atoms with Crippen LogP contribution in [0.4, 0.5) is 5.69 Å². The molecule has 1 fully saturated rings. The molecule has 1 aromatic heterocycles. The van der Waals surface area contributed by atoms with E-state index in [2.05, 4.69) is 32.3 Å². The lowest BCUT2D eigenvalue weighted by Crippen LogP contribution is -2.24. The van der Waals surface area contributed by atoms with Crippen LogP contribution in [-0.4, -0.2) is 22.5 Å². The zero-order valence-corrected chi connectivity index (χ0v) is 10.3. The Bertz CT molecular complexity index is 300. The summed E-state index contributed by atoms with van der Waals surface area (Å²) in [6.45, 7) is 0. The van der Waals surface area contributed by atoms with Crippen molar-refractivity contribution in [3.8, 4) is 0 Å². The van der Waals surface area contributed by atoms with Crippen molar-refractivity contribution in [1.29, 1.82) is 0 Å². The molecule has 0 saturated carbocycles. The van der Waals surface area contributed by atoms with Crippen molar-refractivity contribution in [3.63, 3.8) is 0 Å². The molecule has 0 aliphatic carbocycles. The number of halogens is 1. The second-order valence-electron chi connectivity index (χ2n) is 3.37. The summed E-state index contributed by atoms with van der Waals surface area (Å²) in [5, 5.41) is 3.53. The van der Waals surface area contributed by atoms with Crippen LogP contribution in [0.1, 0.15) is 12.8 Å². The summed E-state index contributed by atoms with van der Waals surface area (Å²) in [6.07, 6.45) is 4.31. The third-order valence-electron chi connectivity index (χ3n) is 2.34. The summed E-state index contributed by atoms with van der Waals surface area (Å²) >= 11 is 5.49. The topological polar surface area (TPSA) is 24.9 Å². The first kappa shape index (κ1) is 10.3. The Kier molecular flexibility index (Phi) is 3.70. The van der Waals surface area contributed by atoms with Gasteiger partial charge in [-0.25, -0.2) is 4.98 Å². The molecule has 14 heavy (non-hydrogen) atoms. The summed E-state index contributed by atoms with van der Waals surface area (Å²) in [7, 11) is 0. The van der Waals surface area contributed by atoms with Crippen molar-refractivity contribution < 1.29 is 0 Å². The molecule has 1 aliphatic rings. The molecule has 2 heterocycles. The summed E-state index contributed by atoms with van der Waals surface area (Å²) in [5.74, 6) is 2.55. The number of hydrogen-bond acceptors (Lipinski definition) is 3. The van der Waals surface area contributed by atoms with Gasteiger partial charge < -0.3 is 5.32 Å². The Hall–Kier alpha value is -0.220. The van der Waals surface area contributed by atoms with Crippen molar-refractivity contribution in [2.45, 2.75) is 18.9 Å². The largest absolute Gasteiger partial charge is 0.380 e. The Morgan fingerprint density at radius 3 is 2.93 bits per heavy atom. The number of nitrogens with one attached hydrogen (secondary N) is 1. The van der Waals surface area contributed by atoms with Gasteiger partial charge in [0.25, 0.3) is 0 Å². The molecule has 0 spiro atoms. The quantitative estimate of drug-likeness (QED) is 0.838. The van der Waals surface area contributed by atoms with Crippen molar-refractivity contribution in [2.75, 3.05) is 16.8 Å². The SMILES string of the molecule is Brc1ncccc1NC1CCSCC1. The van der Waals surface area contributed by atoms with E-state index in [-0.39, 0.29) is 0 Å². The van der Waals surface area contributed by atoms with Gasteiger partial charge in [0.15, 0.2) is 0 Å². The van der Waals surface area contributed by atoms with E-state index in [9.17, 15) is 0 Å². The molecule has 2 nitrogen and oxygen atoms in total. The Morgan fingerprint density at radius 1 is 1.43 bits per heavy atom. The minimum Gasteiger partial charge on any atom is -0.380 e. The number of nitrogens with zero attached hydrogens (tertiary/aromatic N) is 1. The van der Waals surface area contributed by atoms with Gasteiger partial charge in [-0.05, 0) is 52.4 Å². The third-order valence-corrected chi connectivity index (χ3v) is 4.02. The van der Waals surface area contributed by atoms with Gasteiger partial charge in [-0.2, -0.15) is 11.8 Å². The standard InChI is InChI=1S/C10H13BrN2S/c11-10-9(2-1-5-12-10)13-8-3-6-14-7-4-8/h1-2,5,8,13H,3-4,6-7H2. The lowest BCUT2D eigenvalue weighted by atomic mass is 10.1. The first-order valence-corrected chi connectivity index (χ1v) is 6.76. The number of thioether (sulfide) groups is 1. The van der Waals surface area contributed by atoms with Crippen LogP contribution in [0.5, 0.6) is 0 Å². The minimum absolute atomic E-state index is 0.622. The second kappa shape index (κ2) is 5.03. The monoisotopic (exact) mass is 272 g/mol. The fourth-order valence-corrected chi connectivity index (χ4v) is 3.03. The predicted molar refractivity (Wildman–Crippen MR) is 65.9 cm³/mol. The first-order valence-electron chi connectivity index (χ1n) is 4.81. The van der Waals surface area contributed by atoms with E-state index in [0.717, 1.165) is 10.3 Å². The number of aromatic nitrogens is 1. The molecule has 1 aliphatic heterocycles. The van der Waals surface area contributed by atoms with Gasteiger partial charge in [-0.15, -0.1) is 0 Å². The summed E-state index contributed by atoms with van der Waals surface area (Å²) in [6, 6.07) is 4.65. The third kappa shape index (κ3) is 2.64. The van der Waals surface area contributed by atoms with Gasteiger partial charge in [0, 0.05) is 12.2 Å². The maximum Gasteiger partial charge on any atom is 0.129 e. The maximum absolute atomic E-state index is 4.19. The molecule has 76 valence electrons. The highest BCUT2D eigenvalue weighted by Crippen LogP contribution is 2.24. The predicted octanol–water partition coefficient (Wildman–Crippen LogP) is 3.15. The number of anilines is 1. The Morgan fingerprint density at radius 2 is 2.21 bits per heavy atom. The molecule has 0 aromatic carbocycles. The summed E-state index contributed by atoms with van der Waals surface area (Å²) in [4.78, 5) is 4.19. The molecular formula is C10H13BrN2S. The molecule has 1 aromatic rings. The molecule has 0 radical (unpaired) electrons. The van der Waals surface area contributed by atoms with Crippen LogP contribution in [0.25, 0.3) is 0 Å². The lowest BCUT2D eigenvalue weighted by molar-refractivity contribution is 0.666. The van der Waals surface area contributed by atoms with Crippen LogP contribution in [0.3, 0.4) is 0 Å². The maximum atomic E-state index is 4.19. The molecule has 1 N–H and O–H groups in total. The van der Waals surface area contributed by atoms with Crippen molar-refractivity contribution in [1.82, 2.24) is 4.98 Å². The van der Waals surface area contributed by atoms with Gasteiger partial charge in [-0.1, -0.05) is 0 Å². The van der Waals surface area contributed by atoms with Gasteiger partial charge >= 0.3 is 0 Å². The van der Waals surface area contributed by atoms with Crippen LogP contribution in [-0.2, 0) is 0 Å². The van der Waals surface area contributed by atoms with Crippen LogP contribution in [0.2, 0.25) is 0 Å². The minimum atomic E-state index is 0.622. The van der Waals surface area contributed by atoms with E-state index in [1.54, 1.807) is 6.20 Å². The second-order valence-corrected chi connectivity index (χ2v) is 5.35. The number of rotatable bonds is 2. The van der Waals surface area contributed by atoms with Gasteiger partial charge in [-0.3, -0.25) is 0 Å². The van der Waals surface area contributed by atoms with E-state index >= 15 is 0 Å². The van der Waals surface area contributed by atoms with E-state index in [4.69, 9.17) is 0 Å². The average molecular weight is 273 g/mol. The lowest BCUT2D eigenvalue weighted by Gasteiger charge is -2.23. The Labute approximate surface area is 97.0 Å². The average Bonchev–Trinajstić information content (AvgIpc) is 2.23. The molecule has 1 saturated heterocycles. The molecule has 0 amide bonds. The van der Waals surface area contributed by atoms with Gasteiger partial charge in [0.05, 0.1) is 5.69 Å². The highest BCUT2D eigenvalue weighted by molar-refractivity contribution is 9.10. The van der Waals surface area contributed by atoms with Crippen molar-refractivity contribution in [2.24, 2.45) is 0 Å². The van der Waals surface area contributed by atoms with Crippen LogP contribution >= 0.6 is 27.7 Å². The molecular weight excluding hydrogens is 260 g/mol. The molecule has 4 heteroatoms. The van der Waals surface area contributed by atoms with Crippen molar-refractivity contribution in [3.05, 3.63) is 22.9 Å². The van der Waals surface area contributed by atoms with E-state index in [1.165, 1.54) is 24.3 Å². The highest BCUT2D eigenvalue weighted by atomic mass is 79.9. The Balaban J connectivity index is 1.99. The summed E-state index contributed by atoms with van der Waals surface area (Å²) in [5.41, 5.74) is 1.12. The molecule has 0 unspecified atom stereocenters. The molecule has 0 bridgehead atoms. The number of pyridine rings is 1. The van der Waals surface area contributed by atoms with E-state index in [1.807, 2.05) is 17.8 Å². The number of hydrogen-bond donors (Lipinski definition) is 1. The van der Waals surface area contributed by atoms with Crippen LogP contribution < -0.4 is 5.32 Å². The highest BCUT2D eigenvalue weighted by Gasteiger charge is 2.14. The fourth-order valence-electron chi connectivity index (χ4n) is 1.56. The van der Waals surface area contributed by atoms with E-state index in [0.29, 0.717) is 6.04 Å². The smallest absolute Gasteiger partial charge is 0.129 e. The zero-order valence-electron chi connectivity index (χ0n) is 7.87. The first-order chi connectivity index (χ1) is 6.86. The normalized spacial score (nSPS) is 18.1.